The molecule has 5 aromatic rings. The van der Waals surface area contributed by atoms with Gasteiger partial charge >= 0.3 is 0 Å². The van der Waals surface area contributed by atoms with Crippen LogP contribution in [0.25, 0.3) is 27.6 Å². The molecule has 0 aliphatic carbocycles. The second-order valence-corrected chi connectivity index (χ2v) is 8.12. The first-order valence-corrected chi connectivity index (χ1v) is 12.0. The summed E-state index contributed by atoms with van der Waals surface area (Å²) in [7, 11) is 3.38. The maximum Gasteiger partial charge on any atom is 0.263 e. The Kier molecular flexibility index (Phi) is 9.33. The molecule has 0 saturated carbocycles. The molecule has 12 nitrogen and oxygen atoms in total. The molecule has 3 aromatic heterocycles. The summed E-state index contributed by atoms with van der Waals surface area (Å²) in [6, 6.07) is 17.9. The largest absolute Gasteiger partial charge is 0.383 e. The van der Waals surface area contributed by atoms with Gasteiger partial charge in [0.2, 0.25) is 0 Å². The Morgan fingerprint density at radius 2 is 1.69 bits per heavy atom. The number of rotatable bonds is 4. The molecule has 0 bridgehead atoms. The molecule has 2 aromatic carbocycles. The van der Waals surface area contributed by atoms with Crippen LogP contribution in [-0.2, 0) is 13.5 Å². The Morgan fingerprint density at radius 3 is 2.26 bits per heavy atom. The lowest BCUT2D eigenvalue weighted by Gasteiger charge is -2.15. The van der Waals surface area contributed by atoms with Crippen LogP contribution >= 0.6 is 0 Å². The topological polar surface area (TPSA) is 204 Å². The highest BCUT2D eigenvalue weighted by molar-refractivity contribution is 6.04. The van der Waals surface area contributed by atoms with E-state index in [1.165, 1.54) is 13.4 Å². The van der Waals surface area contributed by atoms with Crippen molar-refractivity contribution >= 4 is 28.2 Å². The number of hydrogen-bond acceptors (Lipinski definition) is 9. The van der Waals surface area contributed by atoms with Crippen molar-refractivity contribution in [2.45, 2.75) is 13.3 Å². The van der Waals surface area contributed by atoms with Gasteiger partial charge in [0.15, 0.2) is 5.84 Å². The number of nitrogens with one attached hydrogen (secondary N) is 2. The standard InChI is InChI=1S/C21H19N3O.C5H7N7.CH5N/c1-3-17-12-15-8-7-11-19(16-13-22-23(2)14-16)20(15)21(25)24(17)18-9-5-4-6-10-18;6-3-2(5(8)12-9)4(7)11-1-10-3;1-2/h4-14H,3H2,1-2H3;1,8-9H,(H4,6,7,10,11);2H2,1H3. The van der Waals surface area contributed by atoms with Gasteiger partial charge in [-0.15, -0.1) is 5.11 Å². The molecule has 3 heterocycles. The molecule has 0 atom stereocenters. The number of aryl methyl sites for hydroxylation is 2. The zero-order valence-electron chi connectivity index (χ0n) is 22.0. The van der Waals surface area contributed by atoms with E-state index in [1.54, 1.807) is 10.9 Å². The van der Waals surface area contributed by atoms with E-state index in [2.05, 4.69) is 38.9 Å². The average molecular weight is 526 g/mol. The highest BCUT2D eigenvalue weighted by Gasteiger charge is 2.15. The third-order valence-corrected chi connectivity index (χ3v) is 5.77. The molecule has 0 unspecified atom stereocenters. The number of aromatic nitrogens is 5. The second-order valence-electron chi connectivity index (χ2n) is 8.12. The monoisotopic (exact) mass is 525 g/mol. The summed E-state index contributed by atoms with van der Waals surface area (Å²) >= 11 is 0. The summed E-state index contributed by atoms with van der Waals surface area (Å²) < 4.78 is 3.58. The zero-order chi connectivity index (χ0) is 28.5. The Balaban J connectivity index is 0.000000253. The van der Waals surface area contributed by atoms with Gasteiger partial charge in [-0.2, -0.15) is 5.10 Å². The third kappa shape index (κ3) is 6.02. The van der Waals surface area contributed by atoms with Crippen molar-refractivity contribution in [3.8, 4) is 16.8 Å². The van der Waals surface area contributed by atoms with Gasteiger partial charge in [-0.25, -0.2) is 15.5 Å². The zero-order valence-corrected chi connectivity index (χ0v) is 22.0. The minimum atomic E-state index is -0.342. The molecular weight excluding hydrogens is 494 g/mol. The van der Waals surface area contributed by atoms with Crippen LogP contribution in [0.15, 0.2) is 83.2 Å². The molecule has 0 spiro atoms. The van der Waals surface area contributed by atoms with Gasteiger partial charge in [-0.3, -0.25) is 19.5 Å². The van der Waals surface area contributed by atoms with Crippen LogP contribution in [0.4, 0.5) is 11.6 Å². The summed E-state index contributed by atoms with van der Waals surface area (Å²) in [5.74, 6) is -0.224. The fraction of sp³-hybridized carbons (Fsp3) is 0.148. The van der Waals surface area contributed by atoms with Crippen molar-refractivity contribution in [1.29, 1.82) is 10.9 Å². The quantitative estimate of drug-likeness (QED) is 0.134. The van der Waals surface area contributed by atoms with Crippen LogP contribution < -0.4 is 22.8 Å². The second kappa shape index (κ2) is 12.8. The molecule has 0 fully saturated rings. The van der Waals surface area contributed by atoms with E-state index in [1.807, 2.05) is 66.3 Å². The summed E-state index contributed by atoms with van der Waals surface area (Å²) in [6.45, 7) is 2.07. The molecular formula is C27H31N11O. The molecule has 12 heteroatoms. The molecule has 0 saturated heterocycles. The minimum absolute atomic E-state index is 0.0139. The van der Waals surface area contributed by atoms with Gasteiger partial charge in [0.25, 0.3) is 5.56 Å². The lowest BCUT2D eigenvalue weighted by atomic mass is 10.0. The molecule has 8 N–H and O–H groups in total. The summed E-state index contributed by atoms with van der Waals surface area (Å²) in [4.78, 5) is 20.7. The Bertz CT molecular complexity index is 1640. The number of amidine groups is 1. The van der Waals surface area contributed by atoms with Crippen LogP contribution in [0.1, 0.15) is 18.2 Å². The fourth-order valence-corrected chi connectivity index (χ4v) is 4.05. The van der Waals surface area contributed by atoms with E-state index < -0.39 is 0 Å². The lowest BCUT2D eigenvalue weighted by Crippen LogP contribution is -2.22. The smallest absolute Gasteiger partial charge is 0.263 e. The fourth-order valence-electron chi connectivity index (χ4n) is 4.05. The minimum Gasteiger partial charge on any atom is -0.383 e. The highest BCUT2D eigenvalue weighted by Crippen LogP contribution is 2.27. The van der Waals surface area contributed by atoms with Gasteiger partial charge < -0.3 is 17.2 Å². The molecule has 5 rings (SSSR count). The first-order chi connectivity index (χ1) is 18.8. The van der Waals surface area contributed by atoms with Crippen LogP contribution in [0, 0.1) is 10.9 Å². The van der Waals surface area contributed by atoms with Gasteiger partial charge in [-0.05, 0) is 42.6 Å². The van der Waals surface area contributed by atoms with Crippen molar-refractivity contribution in [3.05, 3.63) is 94.9 Å². The molecule has 0 aliphatic rings. The van der Waals surface area contributed by atoms with Crippen LogP contribution in [0.3, 0.4) is 0 Å². The van der Waals surface area contributed by atoms with E-state index in [9.17, 15) is 4.79 Å². The number of nitrogens with zero attached hydrogens (tertiary/aromatic N) is 6. The van der Waals surface area contributed by atoms with Crippen LogP contribution in [0.2, 0.25) is 0 Å². The van der Waals surface area contributed by atoms with Crippen molar-refractivity contribution in [2.75, 3.05) is 18.5 Å². The first kappa shape index (κ1) is 28.3. The first-order valence-electron chi connectivity index (χ1n) is 12.0. The number of pyridine rings is 1. The number of nitrogens with two attached hydrogens (primary N) is 3. The Hall–Kier alpha value is -5.23. The molecule has 200 valence electrons. The predicted molar refractivity (Wildman–Crippen MR) is 154 cm³/mol. The van der Waals surface area contributed by atoms with Gasteiger partial charge in [0.05, 0.1) is 11.6 Å². The number of fused-ring (bicyclic) bond motifs is 1. The van der Waals surface area contributed by atoms with Crippen LogP contribution in [0.5, 0.6) is 0 Å². The van der Waals surface area contributed by atoms with Crippen molar-refractivity contribution in [1.82, 2.24) is 24.3 Å². The van der Waals surface area contributed by atoms with Crippen LogP contribution in [-0.4, -0.2) is 37.2 Å². The number of benzene rings is 2. The predicted octanol–water partition coefficient (Wildman–Crippen LogP) is 3.53. The number of anilines is 2. The van der Waals surface area contributed by atoms with Gasteiger partial charge in [-0.1, -0.05) is 43.3 Å². The molecule has 0 amide bonds. The van der Waals surface area contributed by atoms with Gasteiger partial charge in [0.1, 0.15) is 23.5 Å². The number of hydrogen-bond donors (Lipinski definition) is 5. The van der Waals surface area contributed by atoms with Crippen molar-refractivity contribution in [3.63, 3.8) is 0 Å². The van der Waals surface area contributed by atoms with E-state index in [-0.39, 0.29) is 28.6 Å². The summed E-state index contributed by atoms with van der Waals surface area (Å²) in [5.41, 5.74) is 25.7. The summed E-state index contributed by atoms with van der Waals surface area (Å²) in [6.07, 6.45) is 5.71. The Morgan fingerprint density at radius 1 is 1.03 bits per heavy atom. The molecule has 0 aliphatic heterocycles. The van der Waals surface area contributed by atoms with E-state index >= 15 is 0 Å². The third-order valence-electron chi connectivity index (χ3n) is 5.77. The van der Waals surface area contributed by atoms with E-state index in [0.29, 0.717) is 0 Å². The maximum absolute atomic E-state index is 13.4. The normalized spacial score (nSPS) is 10.2. The number of nitrogen functional groups attached to an aromatic ring is 2. The SMILES string of the molecule is CCc1cc2cccc(-c3cnn(C)c3)c2c(=O)n1-c1ccccc1.CN.N=NC(=N)c1c(N)ncnc1N. The highest BCUT2D eigenvalue weighted by atomic mass is 16.1. The summed E-state index contributed by atoms with van der Waals surface area (Å²) in [5, 5.41) is 16.0. The van der Waals surface area contributed by atoms with E-state index in [4.69, 9.17) is 22.4 Å². The lowest BCUT2D eigenvalue weighted by molar-refractivity contribution is 0.768. The maximum atomic E-state index is 13.4. The van der Waals surface area contributed by atoms with Gasteiger partial charge in [0, 0.05) is 30.2 Å². The van der Waals surface area contributed by atoms with Crippen molar-refractivity contribution < 1.29 is 0 Å². The average Bonchev–Trinajstić information content (AvgIpc) is 3.40. The Labute approximate surface area is 225 Å². The molecule has 39 heavy (non-hydrogen) atoms. The van der Waals surface area contributed by atoms with E-state index in [0.717, 1.165) is 39.7 Å². The number of para-hydroxylation sites is 1. The molecule has 0 radical (unpaired) electrons. The van der Waals surface area contributed by atoms with Crippen molar-refractivity contribution in [2.24, 2.45) is 17.9 Å².